The lowest BCUT2D eigenvalue weighted by Crippen LogP contribution is -2.50. The molecule has 0 spiro atoms. The zero-order valence-corrected chi connectivity index (χ0v) is 17.7. The van der Waals surface area contributed by atoms with Crippen LogP contribution < -0.4 is 10.1 Å². The van der Waals surface area contributed by atoms with Gasteiger partial charge < -0.3 is 19.9 Å². The van der Waals surface area contributed by atoms with Gasteiger partial charge in [0.15, 0.2) is 0 Å². The number of nitrogens with one attached hydrogen (secondary N) is 1. The van der Waals surface area contributed by atoms with E-state index >= 15 is 0 Å². The van der Waals surface area contributed by atoms with Gasteiger partial charge in [-0.3, -0.25) is 9.69 Å². The van der Waals surface area contributed by atoms with Crippen molar-refractivity contribution in [2.24, 2.45) is 0 Å². The number of nitrogens with zero attached hydrogens (tertiary/aromatic N) is 4. The molecule has 0 bridgehead atoms. The molecule has 2 aromatic rings. The molecule has 0 atom stereocenters. The predicted octanol–water partition coefficient (Wildman–Crippen LogP) is 2.69. The Morgan fingerprint density at radius 2 is 1.67 bits per heavy atom. The van der Waals surface area contributed by atoms with Crippen molar-refractivity contribution in [3.8, 4) is 5.75 Å². The van der Waals surface area contributed by atoms with Gasteiger partial charge in [-0.15, -0.1) is 0 Å². The van der Waals surface area contributed by atoms with Gasteiger partial charge in [0, 0.05) is 45.5 Å². The highest BCUT2D eigenvalue weighted by Crippen LogP contribution is 2.28. The Kier molecular flexibility index (Phi) is 6.81. The van der Waals surface area contributed by atoms with Gasteiger partial charge in [0.1, 0.15) is 11.6 Å². The minimum Gasteiger partial charge on any atom is -0.495 e. The molecule has 2 aliphatic heterocycles. The smallest absolute Gasteiger partial charge is 0.257 e. The van der Waals surface area contributed by atoms with Crippen molar-refractivity contribution in [3.05, 3.63) is 48.2 Å². The van der Waals surface area contributed by atoms with Crippen LogP contribution in [0.3, 0.4) is 0 Å². The van der Waals surface area contributed by atoms with Crippen molar-refractivity contribution in [3.63, 3.8) is 0 Å². The molecule has 3 heterocycles. The van der Waals surface area contributed by atoms with Crippen LogP contribution in [0.1, 0.15) is 23.2 Å². The van der Waals surface area contributed by atoms with Crippen LogP contribution in [0.15, 0.2) is 42.6 Å². The van der Waals surface area contributed by atoms with Crippen molar-refractivity contribution in [1.82, 2.24) is 19.7 Å². The molecular weight excluding hydrogens is 378 g/mol. The summed E-state index contributed by atoms with van der Waals surface area (Å²) in [5.74, 6) is 1.30. The summed E-state index contributed by atoms with van der Waals surface area (Å²) < 4.78 is 5.41. The first-order chi connectivity index (χ1) is 14.7. The van der Waals surface area contributed by atoms with E-state index < -0.39 is 0 Å². The summed E-state index contributed by atoms with van der Waals surface area (Å²) in [6, 6.07) is 11.3. The van der Waals surface area contributed by atoms with E-state index in [-0.39, 0.29) is 5.91 Å². The lowest BCUT2D eigenvalue weighted by atomic mass is 10.2. The van der Waals surface area contributed by atoms with Gasteiger partial charge in [0.05, 0.1) is 18.4 Å². The van der Waals surface area contributed by atoms with E-state index in [1.54, 1.807) is 13.3 Å². The summed E-state index contributed by atoms with van der Waals surface area (Å²) in [6.07, 6.45) is 4.36. The predicted molar refractivity (Wildman–Crippen MR) is 119 cm³/mol. The molecule has 0 saturated carbocycles. The highest BCUT2D eigenvalue weighted by molar-refractivity contribution is 5.99. The number of ether oxygens (including phenoxy) is 1. The molecule has 0 aliphatic carbocycles. The van der Waals surface area contributed by atoms with Crippen LogP contribution in [-0.2, 0) is 0 Å². The Morgan fingerprint density at radius 1 is 0.967 bits per heavy atom. The molecule has 160 valence electrons. The number of amides is 1. The summed E-state index contributed by atoms with van der Waals surface area (Å²) in [6.45, 7) is 8.07. The monoisotopic (exact) mass is 409 g/mol. The third-order valence-corrected chi connectivity index (χ3v) is 5.99. The molecule has 2 fully saturated rings. The molecule has 7 nitrogen and oxygen atoms in total. The van der Waals surface area contributed by atoms with Crippen molar-refractivity contribution in [2.75, 3.05) is 64.8 Å². The number of piperazine rings is 1. The quantitative estimate of drug-likeness (QED) is 0.759. The third-order valence-electron chi connectivity index (χ3n) is 5.99. The van der Waals surface area contributed by atoms with E-state index in [1.807, 2.05) is 41.3 Å². The number of pyridine rings is 1. The van der Waals surface area contributed by atoms with Gasteiger partial charge in [0.2, 0.25) is 0 Å². The van der Waals surface area contributed by atoms with Gasteiger partial charge >= 0.3 is 0 Å². The summed E-state index contributed by atoms with van der Waals surface area (Å²) in [4.78, 5) is 24.6. The molecular formula is C23H31N5O2. The third kappa shape index (κ3) is 4.91. The first-order valence-electron chi connectivity index (χ1n) is 10.8. The minimum absolute atomic E-state index is 0.0275. The lowest BCUT2D eigenvalue weighted by molar-refractivity contribution is 0.0627. The number of carbonyl (C=O) groups excluding carboxylic acids is 1. The average molecular weight is 410 g/mol. The number of anilines is 2. The van der Waals surface area contributed by atoms with Gasteiger partial charge in [-0.05, 0) is 50.2 Å². The number of hydrogen-bond acceptors (Lipinski definition) is 6. The second kappa shape index (κ2) is 9.91. The topological polar surface area (TPSA) is 60.9 Å². The lowest BCUT2D eigenvalue weighted by Gasteiger charge is -2.35. The fourth-order valence-corrected chi connectivity index (χ4v) is 4.19. The van der Waals surface area contributed by atoms with Crippen LogP contribution in [0.25, 0.3) is 0 Å². The highest BCUT2D eigenvalue weighted by atomic mass is 16.5. The minimum atomic E-state index is 0.0275. The van der Waals surface area contributed by atoms with E-state index in [0.717, 1.165) is 45.0 Å². The Labute approximate surface area is 178 Å². The van der Waals surface area contributed by atoms with Gasteiger partial charge in [-0.2, -0.15) is 0 Å². The van der Waals surface area contributed by atoms with E-state index in [2.05, 4.69) is 20.1 Å². The Hall–Kier alpha value is -2.64. The maximum Gasteiger partial charge on any atom is 0.257 e. The zero-order valence-electron chi connectivity index (χ0n) is 17.7. The van der Waals surface area contributed by atoms with Gasteiger partial charge in [-0.25, -0.2) is 4.98 Å². The SMILES string of the molecule is COc1ccccc1Nc1ncccc1C(=O)N1CCN(CCN2CCCC2)CC1. The van der Waals surface area contributed by atoms with Crippen LogP contribution >= 0.6 is 0 Å². The maximum atomic E-state index is 13.2. The van der Waals surface area contributed by atoms with E-state index in [4.69, 9.17) is 4.74 Å². The van der Waals surface area contributed by atoms with E-state index in [1.165, 1.54) is 25.9 Å². The van der Waals surface area contributed by atoms with Crippen LogP contribution in [-0.4, -0.2) is 85.1 Å². The molecule has 0 radical (unpaired) electrons. The molecule has 1 N–H and O–H groups in total. The number of methoxy groups -OCH3 is 1. The highest BCUT2D eigenvalue weighted by Gasteiger charge is 2.25. The number of carbonyl (C=O) groups is 1. The summed E-state index contributed by atoms with van der Waals surface area (Å²) in [5, 5.41) is 3.27. The molecule has 7 heteroatoms. The molecule has 2 saturated heterocycles. The number of hydrogen-bond donors (Lipinski definition) is 1. The summed E-state index contributed by atoms with van der Waals surface area (Å²) in [7, 11) is 1.63. The zero-order chi connectivity index (χ0) is 20.8. The molecule has 2 aliphatic rings. The number of aromatic nitrogens is 1. The number of para-hydroxylation sites is 2. The standard InChI is InChI=1S/C23H31N5O2/c1-30-21-9-3-2-8-20(21)25-22-19(7-6-10-24-22)23(29)28-17-15-27(16-18-28)14-13-26-11-4-5-12-26/h2-3,6-10H,4-5,11-18H2,1H3,(H,24,25). The second-order valence-electron chi connectivity index (χ2n) is 7.91. The van der Waals surface area contributed by atoms with Crippen LogP contribution in [0.2, 0.25) is 0 Å². The van der Waals surface area contributed by atoms with Crippen LogP contribution in [0.5, 0.6) is 5.75 Å². The molecule has 0 unspecified atom stereocenters. The molecule has 1 aromatic carbocycles. The Bertz CT molecular complexity index is 845. The fourth-order valence-electron chi connectivity index (χ4n) is 4.19. The van der Waals surface area contributed by atoms with E-state index in [9.17, 15) is 4.79 Å². The van der Waals surface area contributed by atoms with Crippen LogP contribution in [0, 0.1) is 0 Å². The van der Waals surface area contributed by atoms with E-state index in [0.29, 0.717) is 17.1 Å². The molecule has 30 heavy (non-hydrogen) atoms. The molecule has 1 aromatic heterocycles. The van der Waals surface area contributed by atoms with Crippen molar-refractivity contribution in [2.45, 2.75) is 12.8 Å². The normalized spacial score (nSPS) is 17.8. The first kappa shape index (κ1) is 20.6. The van der Waals surface area contributed by atoms with Gasteiger partial charge in [0.25, 0.3) is 5.91 Å². The van der Waals surface area contributed by atoms with Crippen molar-refractivity contribution in [1.29, 1.82) is 0 Å². The Balaban J connectivity index is 1.37. The van der Waals surface area contributed by atoms with Crippen LogP contribution in [0.4, 0.5) is 11.5 Å². The van der Waals surface area contributed by atoms with Crippen molar-refractivity contribution >= 4 is 17.4 Å². The van der Waals surface area contributed by atoms with Crippen molar-refractivity contribution < 1.29 is 9.53 Å². The number of rotatable bonds is 7. The number of likely N-dealkylation sites (tertiary alicyclic amines) is 1. The largest absolute Gasteiger partial charge is 0.495 e. The first-order valence-corrected chi connectivity index (χ1v) is 10.8. The Morgan fingerprint density at radius 3 is 2.40 bits per heavy atom. The fraction of sp³-hybridized carbons (Fsp3) is 0.478. The second-order valence-corrected chi connectivity index (χ2v) is 7.91. The number of benzene rings is 1. The maximum absolute atomic E-state index is 13.2. The summed E-state index contributed by atoms with van der Waals surface area (Å²) in [5.41, 5.74) is 1.38. The molecule has 1 amide bonds. The summed E-state index contributed by atoms with van der Waals surface area (Å²) >= 11 is 0. The molecule has 4 rings (SSSR count). The van der Waals surface area contributed by atoms with Gasteiger partial charge in [-0.1, -0.05) is 12.1 Å². The average Bonchev–Trinajstić information content (AvgIpc) is 3.32.